The molecule has 1 saturated carbocycles. The molecule has 1 fully saturated rings. The summed E-state index contributed by atoms with van der Waals surface area (Å²) in [4.78, 5) is 33.0. The van der Waals surface area contributed by atoms with Crippen molar-refractivity contribution in [2.75, 3.05) is 7.11 Å². The molecule has 1 N–H and O–H groups in total. The Bertz CT molecular complexity index is 2010. The summed E-state index contributed by atoms with van der Waals surface area (Å²) in [5.41, 5.74) is 2.17. The van der Waals surface area contributed by atoms with Crippen LogP contribution < -0.4 is 10.1 Å². The number of aromatic nitrogens is 1. The minimum atomic E-state index is -4.42. The maximum absolute atomic E-state index is 13.7. The summed E-state index contributed by atoms with van der Waals surface area (Å²) in [6, 6.07) is 23.1. The van der Waals surface area contributed by atoms with Crippen LogP contribution in [0.15, 0.2) is 84.9 Å². The highest BCUT2D eigenvalue weighted by Crippen LogP contribution is 2.35. The molecule has 5 aromatic rings. The highest BCUT2D eigenvalue weighted by Gasteiger charge is 2.30. The van der Waals surface area contributed by atoms with E-state index in [0.29, 0.717) is 17.2 Å². The molecule has 6 rings (SSSR count). The summed E-state index contributed by atoms with van der Waals surface area (Å²) in [5, 5.41) is 4.59. The van der Waals surface area contributed by atoms with Crippen molar-refractivity contribution in [2.24, 2.45) is 5.92 Å². The minimum absolute atomic E-state index is 0.0367. The molecule has 266 valence electrons. The monoisotopic (exact) mass is 714 g/mol. The van der Waals surface area contributed by atoms with Gasteiger partial charge >= 0.3 is 12.1 Å². The van der Waals surface area contributed by atoms with Crippen LogP contribution in [0.1, 0.15) is 78.6 Å². The number of nitrogens with zero attached hydrogens (tertiary/aromatic N) is 1. The van der Waals surface area contributed by atoms with E-state index in [2.05, 4.69) is 38.2 Å². The minimum Gasteiger partial charge on any atom is -0.467 e. The van der Waals surface area contributed by atoms with E-state index in [4.69, 9.17) is 14.5 Å². The fourth-order valence-corrected chi connectivity index (χ4v) is 7.57. The number of ether oxygens (including phenoxy) is 2. The summed E-state index contributed by atoms with van der Waals surface area (Å²) < 4.78 is 50.4. The number of hydrogen-bond donors (Lipinski definition) is 1. The molecule has 2 heterocycles. The molecule has 2 aromatic heterocycles. The Morgan fingerprint density at radius 3 is 2.20 bits per heavy atom. The zero-order valence-electron chi connectivity index (χ0n) is 29.1. The summed E-state index contributed by atoms with van der Waals surface area (Å²) in [6.07, 6.45) is 1.01. The second-order valence-corrected chi connectivity index (χ2v) is 15.3. The molecule has 0 saturated heterocycles. The van der Waals surface area contributed by atoms with E-state index in [1.165, 1.54) is 49.0 Å². The normalized spacial score (nSPS) is 14.4. The van der Waals surface area contributed by atoms with Gasteiger partial charge in [0.15, 0.2) is 0 Å². The van der Waals surface area contributed by atoms with Gasteiger partial charge in [0.1, 0.15) is 23.2 Å². The smallest absolute Gasteiger partial charge is 0.416 e. The standard InChI is InChI=1S/C41H41F3N2O4S/c1-40(2,3)28-14-17-30(18-15-28)50-31-16-11-27-22-35(45-34(33(27)23-31)21-25-7-5-6-8-25)38(47)46-36(39(48)49-4)24-32-19-20-37(51-32)26-9-12-29(13-10-26)41(42,43)44/h9-20,22-23,25,36H,5-8,21,24H2,1-4H3,(H,46,47). The maximum atomic E-state index is 13.7. The number of carbonyl (C=O) groups excluding carboxylic acids is 2. The van der Waals surface area contributed by atoms with Crippen molar-refractivity contribution in [3.63, 3.8) is 0 Å². The molecule has 1 unspecified atom stereocenters. The molecule has 1 amide bonds. The van der Waals surface area contributed by atoms with Crippen LogP contribution in [0.5, 0.6) is 11.5 Å². The van der Waals surface area contributed by atoms with Gasteiger partial charge in [0.2, 0.25) is 0 Å². The van der Waals surface area contributed by atoms with Crippen molar-refractivity contribution < 1.29 is 32.2 Å². The summed E-state index contributed by atoms with van der Waals surface area (Å²) in [7, 11) is 1.26. The topological polar surface area (TPSA) is 77.5 Å². The van der Waals surface area contributed by atoms with Crippen molar-refractivity contribution in [1.29, 1.82) is 0 Å². The van der Waals surface area contributed by atoms with Crippen LogP contribution in [0.4, 0.5) is 13.2 Å². The predicted octanol–water partition coefficient (Wildman–Crippen LogP) is 10.3. The first-order valence-electron chi connectivity index (χ1n) is 17.1. The first kappa shape index (κ1) is 36.1. The first-order valence-corrected chi connectivity index (χ1v) is 18.0. The summed E-state index contributed by atoms with van der Waals surface area (Å²) in [6.45, 7) is 6.51. The Labute approximate surface area is 300 Å². The second-order valence-electron chi connectivity index (χ2n) is 14.2. The van der Waals surface area contributed by atoms with Crippen LogP contribution in [0.25, 0.3) is 21.2 Å². The highest BCUT2D eigenvalue weighted by atomic mass is 32.1. The zero-order chi connectivity index (χ0) is 36.3. The number of alkyl halides is 3. The molecule has 1 aliphatic carbocycles. The van der Waals surface area contributed by atoms with E-state index in [-0.39, 0.29) is 17.5 Å². The Kier molecular flexibility index (Phi) is 10.5. The lowest BCUT2D eigenvalue weighted by Crippen LogP contribution is -2.43. The van der Waals surface area contributed by atoms with Crippen LogP contribution in [-0.4, -0.2) is 30.0 Å². The number of fused-ring (bicyclic) bond motifs is 1. The van der Waals surface area contributed by atoms with Gasteiger partial charge in [0.05, 0.1) is 12.7 Å². The van der Waals surface area contributed by atoms with E-state index in [1.54, 1.807) is 18.2 Å². The van der Waals surface area contributed by atoms with Crippen molar-refractivity contribution in [3.8, 4) is 21.9 Å². The van der Waals surface area contributed by atoms with Crippen molar-refractivity contribution in [1.82, 2.24) is 10.3 Å². The van der Waals surface area contributed by atoms with Crippen molar-refractivity contribution in [3.05, 3.63) is 112 Å². The SMILES string of the molecule is COC(=O)C(Cc1ccc(-c2ccc(C(F)(F)F)cc2)s1)NC(=O)c1cc2ccc(Oc3ccc(C(C)(C)C)cc3)cc2c(CC2CCCC2)n1. The number of carbonyl (C=O) groups is 2. The third kappa shape index (κ3) is 8.79. The van der Waals surface area contributed by atoms with E-state index in [1.807, 2.05) is 30.3 Å². The van der Waals surface area contributed by atoms with E-state index in [9.17, 15) is 22.8 Å². The molecule has 1 aliphatic rings. The fourth-order valence-electron chi connectivity index (χ4n) is 6.51. The highest BCUT2D eigenvalue weighted by molar-refractivity contribution is 7.15. The van der Waals surface area contributed by atoms with Crippen LogP contribution in [-0.2, 0) is 34.0 Å². The lowest BCUT2D eigenvalue weighted by molar-refractivity contribution is -0.142. The lowest BCUT2D eigenvalue weighted by Gasteiger charge is -2.19. The van der Waals surface area contributed by atoms with Gasteiger partial charge in [0, 0.05) is 27.3 Å². The van der Waals surface area contributed by atoms with Crippen LogP contribution in [0.2, 0.25) is 0 Å². The molecule has 0 bridgehead atoms. The number of rotatable bonds is 10. The van der Waals surface area contributed by atoms with Gasteiger partial charge in [-0.1, -0.05) is 76.8 Å². The van der Waals surface area contributed by atoms with E-state index < -0.39 is 29.7 Å². The summed E-state index contributed by atoms with van der Waals surface area (Å²) >= 11 is 1.34. The number of hydrogen-bond acceptors (Lipinski definition) is 6. The average molecular weight is 715 g/mol. The number of pyridine rings is 1. The third-order valence-corrected chi connectivity index (χ3v) is 10.5. The van der Waals surface area contributed by atoms with Gasteiger partial charge in [0.25, 0.3) is 5.91 Å². The van der Waals surface area contributed by atoms with Crippen LogP contribution >= 0.6 is 11.3 Å². The van der Waals surface area contributed by atoms with Crippen molar-refractivity contribution >= 4 is 34.0 Å². The number of amides is 1. The average Bonchev–Trinajstić information content (AvgIpc) is 3.80. The van der Waals surface area contributed by atoms with Crippen molar-refractivity contribution in [2.45, 2.75) is 76.9 Å². The summed E-state index contributed by atoms with van der Waals surface area (Å²) in [5.74, 6) is 0.759. The zero-order valence-corrected chi connectivity index (χ0v) is 29.9. The van der Waals surface area contributed by atoms with Gasteiger partial charge in [-0.25, -0.2) is 9.78 Å². The Morgan fingerprint density at radius 1 is 0.882 bits per heavy atom. The van der Waals surface area contributed by atoms with Crippen LogP contribution in [0, 0.1) is 5.92 Å². The Balaban J connectivity index is 1.23. The molecule has 1 atom stereocenters. The van der Waals surface area contributed by atoms with Gasteiger partial charge in [-0.3, -0.25) is 4.79 Å². The molecule has 0 radical (unpaired) electrons. The number of thiophene rings is 1. The van der Waals surface area contributed by atoms with Gasteiger partial charge in [-0.2, -0.15) is 13.2 Å². The van der Waals surface area contributed by atoms with E-state index in [0.717, 1.165) is 63.4 Å². The molecule has 0 spiro atoms. The third-order valence-electron chi connectivity index (χ3n) is 9.38. The Morgan fingerprint density at radius 2 is 1.55 bits per heavy atom. The predicted molar refractivity (Wildman–Crippen MR) is 194 cm³/mol. The molecule has 3 aromatic carbocycles. The Hall–Kier alpha value is -4.70. The van der Waals surface area contributed by atoms with Crippen LogP contribution in [0.3, 0.4) is 0 Å². The molecular formula is C41H41F3N2O4S. The van der Waals surface area contributed by atoms with Gasteiger partial charge < -0.3 is 14.8 Å². The number of esters is 1. The lowest BCUT2D eigenvalue weighted by atomic mass is 9.87. The fraction of sp³-hybridized carbons (Fsp3) is 0.341. The number of benzene rings is 3. The maximum Gasteiger partial charge on any atom is 0.416 e. The molecule has 6 nitrogen and oxygen atoms in total. The van der Waals surface area contributed by atoms with Gasteiger partial charge in [-0.15, -0.1) is 11.3 Å². The number of methoxy groups -OCH3 is 1. The quantitative estimate of drug-likeness (QED) is 0.146. The molecule has 51 heavy (non-hydrogen) atoms. The largest absolute Gasteiger partial charge is 0.467 e. The number of halogens is 3. The molecule has 10 heteroatoms. The molecule has 0 aliphatic heterocycles. The number of nitrogens with one attached hydrogen (secondary N) is 1. The van der Waals surface area contributed by atoms with E-state index >= 15 is 0 Å². The second kappa shape index (κ2) is 14.9. The van der Waals surface area contributed by atoms with Gasteiger partial charge in [-0.05, 0) is 88.9 Å². The molecular weight excluding hydrogens is 674 g/mol. The first-order chi connectivity index (χ1) is 24.3.